The fourth-order valence-corrected chi connectivity index (χ4v) is 1.62. The molecule has 0 saturated carbocycles. The van der Waals surface area contributed by atoms with Crippen molar-refractivity contribution < 1.29 is 4.79 Å². The van der Waals surface area contributed by atoms with E-state index in [1.807, 2.05) is 13.0 Å². The van der Waals surface area contributed by atoms with E-state index >= 15 is 0 Å². The highest BCUT2D eigenvalue weighted by Gasteiger charge is 2.16. The minimum Gasteiger partial charge on any atom is -0.357 e. The average Bonchev–Trinajstić information content (AvgIpc) is 2.76. The summed E-state index contributed by atoms with van der Waals surface area (Å²) in [5.41, 5.74) is 0.853. The van der Waals surface area contributed by atoms with E-state index in [2.05, 4.69) is 15.4 Å². The summed E-state index contributed by atoms with van der Waals surface area (Å²) in [6, 6.07) is 1.53. The summed E-state index contributed by atoms with van der Waals surface area (Å²) in [7, 11) is 3.46. The van der Waals surface area contributed by atoms with Gasteiger partial charge in [0.15, 0.2) is 5.82 Å². The van der Waals surface area contributed by atoms with Gasteiger partial charge in [0.05, 0.1) is 6.20 Å². The van der Waals surface area contributed by atoms with Crippen molar-refractivity contribution in [2.75, 3.05) is 19.4 Å². The highest BCUT2D eigenvalue weighted by Crippen LogP contribution is 2.13. The number of nitrogens with zero attached hydrogens (tertiary/aromatic N) is 4. The Labute approximate surface area is 99.3 Å². The Balaban J connectivity index is 2.24. The zero-order valence-corrected chi connectivity index (χ0v) is 10.1. The summed E-state index contributed by atoms with van der Waals surface area (Å²) < 4.78 is 1.71. The van der Waals surface area contributed by atoms with Gasteiger partial charge in [-0.2, -0.15) is 5.10 Å². The van der Waals surface area contributed by atoms with Gasteiger partial charge in [0, 0.05) is 26.5 Å². The number of fused-ring (bicyclic) bond motifs is 1. The predicted octanol–water partition coefficient (Wildman–Crippen LogP) is 0.618. The van der Waals surface area contributed by atoms with Gasteiger partial charge in [-0.1, -0.05) is 0 Å². The largest absolute Gasteiger partial charge is 0.357 e. The van der Waals surface area contributed by atoms with Crippen LogP contribution in [-0.4, -0.2) is 45.5 Å². The summed E-state index contributed by atoms with van der Waals surface area (Å²) in [4.78, 5) is 17.5. The first-order valence-corrected chi connectivity index (χ1v) is 5.35. The summed E-state index contributed by atoms with van der Waals surface area (Å²) in [5.74, 6) is 0.668. The Morgan fingerprint density at radius 1 is 1.47 bits per heavy atom. The maximum atomic E-state index is 11.7. The van der Waals surface area contributed by atoms with Crippen LogP contribution in [0.25, 0.3) is 5.52 Å². The number of carbonyl (C=O) groups is 1. The monoisotopic (exact) mass is 233 g/mol. The average molecular weight is 233 g/mol. The van der Waals surface area contributed by atoms with E-state index < -0.39 is 0 Å². The van der Waals surface area contributed by atoms with E-state index in [9.17, 15) is 4.79 Å². The summed E-state index contributed by atoms with van der Waals surface area (Å²) >= 11 is 0. The fraction of sp³-hybridized carbons (Fsp3) is 0.364. The van der Waals surface area contributed by atoms with Crippen molar-refractivity contribution in [1.29, 1.82) is 0 Å². The van der Waals surface area contributed by atoms with Crippen molar-refractivity contribution in [2.24, 2.45) is 0 Å². The highest BCUT2D eigenvalue weighted by molar-refractivity contribution is 5.85. The molecule has 0 fully saturated rings. The van der Waals surface area contributed by atoms with Crippen LogP contribution in [-0.2, 0) is 4.79 Å². The summed E-state index contributed by atoms with van der Waals surface area (Å²) in [6.07, 6.45) is 5.11. The molecule has 6 heteroatoms. The summed E-state index contributed by atoms with van der Waals surface area (Å²) in [6.45, 7) is 1.81. The second-order valence-electron chi connectivity index (χ2n) is 4.04. The second kappa shape index (κ2) is 4.40. The third-order valence-electron chi connectivity index (χ3n) is 2.49. The van der Waals surface area contributed by atoms with Crippen LogP contribution in [0.4, 0.5) is 5.82 Å². The minimum absolute atomic E-state index is 0.00770. The quantitative estimate of drug-likeness (QED) is 0.844. The van der Waals surface area contributed by atoms with Crippen LogP contribution in [0, 0.1) is 0 Å². The molecule has 1 N–H and O–H groups in total. The molecule has 0 radical (unpaired) electrons. The van der Waals surface area contributed by atoms with Crippen LogP contribution in [0.2, 0.25) is 0 Å². The van der Waals surface area contributed by atoms with Gasteiger partial charge in [0.2, 0.25) is 5.91 Å². The smallest absolute Gasteiger partial charge is 0.244 e. The number of nitrogens with one attached hydrogen (secondary N) is 1. The molecule has 2 aromatic rings. The molecule has 0 aliphatic carbocycles. The molecule has 6 nitrogen and oxygen atoms in total. The maximum Gasteiger partial charge on any atom is 0.244 e. The first-order valence-electron chi connectivity index (χ1n) is 5.35. The van der Waals surface area contributed by atoms with Gasteiger partial charge < -0.3 is 10.2 Å². The minimum atomic E-state index is -0.321. The SMILES string of the molecule is CC(Nc1nccn2nccc12)C(=O)N(C)C. The number of anilines is 1. The third-order valence-corrected chi connectivity index (χ3v) is 2.49. The first-order chi connectivity index (χ1) is 8.09. The summed E-state index contributed by atoms with van der Waals surface area (Å²) in [5, 5.41) is 7.20. The van der Waals surface area contributed by atoms with Gasteiger partial charge in [0.25, 0.3) is 0 Å². The van der Waals surface area contributed by atoms with E-state index in [-0.39, 0.29) is 11.9 Å². The first kappa shape index (κ1) is 11.4. The molecule has 90 valence electrons. The molecule has 0 aromatic carbocycles. The van der Waals surface area contributed by atoms with E-state index in [4.69, 9.17) is 0 Å². The number of carbonyl (C=O) groups excluding carboxylic acids is 1. The molecule has 0 spiro atoms. The lowest BCUT2D eigenvalue weighted by Gasteiger charge is -2.18. The molecule has 1 unspecified atom stereocenters. The Hall–Kier alpha value is -2.11. The fourth-order valence-electron chi connectivity index (χ4n) is 1.62. The Bertz CT molecular complexity index is 533. The third kappa shape index (κ3) is 2.20. The van der Waals surface area contributed by atoms with Gasteiger partial charge in [-0.3, -0.25) is 4.79 Å². The number of amides is 1. The highest BCUT2D eigenvalue weighted by atomic mass is 16.2. The maximum absolute atomic E-state index is 11.7. The molecule has 0 saturated heterocycles. The van der Waals surface area contributed by atoms with Crippen molar-refractivity contribution in [2.45, 2.75) is 13.0 Å². The van der Waals surface area contributed by atoms with Crippen molar-refractivity contribution in [3.63, 3.8) is 0 Å². The van der Waals surface area contributed by atoms with E-state index in [1.165, 1.54) is 0 Å². The molecule has 0 aliphatic heterocycles. The molecule has 0 bridgehead atoms. The lowest BCUT2D eigenvalue weighted by Crippen LogP contribution is -2.36. The van der Waals surface area contributed by atoms with Gasteiger partial charge >= 0.3 is 0 Å². The van der Waals surface area contributed by atoms with Crippen LogP contribution in [0.3, 0.4) is 0 Å². The second-order valence-corrected chi connectivity index (χ2v) is 4.04. The molecular formula is C11H15N5O. The van der Waals surface area contributed by atoms with Crippen molar-refractivity contribution in [3.05, 3.63) is 24.7 Å². The molecule has 17 heavy (non-hydrogen) atoms. The van der Waals surface area contributed by atoms with Gasteiger partial charge in [0.1, 0.15) is 11.6 Å². The van der Waals surface area contributed by atoms with Crippen LogP contribution in [0.1, 0.15) is 6.92 Å². The zero-order chi connectivity index (χ0) is 12.4. The molecule has 1 amide bonds. The lowest BCUT2D eigenvalue weighted by molar-refractivity contribution is -0.129. The van der Waals surface area contributed by atoms with Crippen molar-refractivity contribution in [3.8, 4) is 0 Å². The van der Waals surface area contributed by atoms with Gasteiger partial charge in [-0.25, -0.2) is 9.50 Å². The van der Waals surface area contributed by atoms with Gasteiger partial charge in [-0.05, 0) is 13.0 Å². The lowest BCUT2D eigenvalue weighted by atomic mass is 10.3. The molecule has 2 rings (SSSR count). The molecular weight excluding hydrogens is 218 g/mol. The number of hydrogen-bond donors (Lipinski definition) is 1. The zero-order valence-electron chi connectivity index (χ0n) is 10.1. The number of aromatic nitrogens is 3. The normalized spacial score (nSPS) is 12.4. The Morgan fingerprint density at radius 3 is 2.94 bits per heavy atom. The molecule has 2 aromatic heterocycles. The van der Waals surface area contributed by atoms with Crippen LogP contribution in [0.15, 0.2) is 24.7 Å². The Kier molecular flexibility index (Phi) is 2.95. The van der Waals surface area contributed by atoms with Gasteiger partial charge in [-0.15, -0.1) is 0 Å². The molecule has 0 aliphatic rings. The standard InChI is InChI=1S/C11H15N5O/c1-8(11(17)15(2)3)14-10-9-4-5-13-16(9)7-6-12-10/h4-8H,1-3H3,(H,12,14). The topological polar surface area (TPSA) is 62.5 Å². The van der Waals surface area contributed by atoms with E-state index in [0.717, 1.165) is 5.52 Å². The van der Waals surface area contributed by atoms with Crippen LogP contribution < -0.4 is 5.32 Å². The van der Waals surface area contributed by atoms with Crippen molar-refractivity contribution in [1.82, 2.24) is 19.5 Å². The molecule has 2 heterocycles. The van der Waals surface area contributed by atoms with Crippen LogP contribution in [0.5, 0.6) is 0 Å². The number of rotatable bonds is 3. The van der Waals surface area contributed by atoms with E-state index in [0.29, 0.717) is 5.82 Å². The number of likely N-dealkylation sites (N-methyl/N-ethyl adjacent to an activating group) is 1. The Morgan fingerprint density at radius 2 is 2.24 bits per heavy atom. The number of hydrogen-bond acceptors (Lipinski definition) is 4. The van der Waals surface area contributed by atoms with Crippen LogP contribution >= 0.6 is 0 Å². The van der Waals surface area contributed by atoms with E-state index in [1.54, 1.807) is 42.1 Å². The predicted molar refractivity (Wildman–Crippen MR) is 64.8 cm³/mol. The molecule has 1 atom stereocenters. The van der Waals surface area contributed by atoms with Crippen molar-refractivity contribution >= 4 is 17.2 Å².